The molecule has 0 aromatic rings. The molecule has 0 aromatic heterocycles. The summed E-state index contributed by atoms with van der Waals surface area (Å²) in [4.78, 5) is 24.3. The van der Waals surface area contributed by atoms with Crippen LogP contribution in [0.5, 0.6) is 0 Å². The van der Waals surface area contributed by atoms with Gasteiger partial charge in [-0.25, -0.2) is 9.59 Å². The van der Waals surface area contributed by atoms with Gasteiger partial charge in [-0.15, -0.1) is 0 Å². The van der Waals surface area contributed by atoms with Crippen molar-refractivity contribution in [3.63, 3.8) is 0 Å². The van der Waals surface area contributed by atoms with E-state index in [1.165, 1.54) is 0 Å². The molecule has 1 heterocycles. The number of nitrogens with one attached hydrogen (secondary N) is 2. The molecule has 6 heteroatoms. The molecule has 20 heavy (non-hydrogen) atoms. The molecule has 1 rings (SSSR count). The molecule has 1 aliphatic heterocycles. The SMILES string of the molecule is CC(C)(C)OC(=O)NC1(C(=O)OC(C)(C)C)CCNC1. The van der Waals surface area contributed by atoms with Crippen LogP contribution in [-0.2, 0) is 14.3 Å². The monoisotopic (exact) mass is 286 g/mol. The minimum absolute atomic E-state index is 0.348. The first-order chi connectivity index (χ1) is 8.94. The molecule has 0 spiro atoms. The molecular weight excluding hydrogens is 260 g/mol. The van der Waals surface area contributed by atoms with Crippen molar-refractivity contribution in [1.29, 1.82) is 0 Å². The Morgan fingerprint density at radius 3 is 2.00 bits per heavy atom. The normalized spacial score (nSPS) is 23.3. The van der Waals surface area contributed by atoms with Crippen molar-refractivity contribution in [3.05, 3.63) is 0 Å². The van der Waals surface area contributed by atoms with Gasteiger partial charge < -0.3 is 20.1 Å². The maximum absolute atomic E-state index is 12.4. The van der Waals surface area contributed by atoms with E-state index in [9.17, 15) is 9.59 Å². The van der Waals surface area contributed by atoms with Gasteiger partial charge >= 0.3 is 12.1 Å². The van der Waals surface area contributed by atoms with Gasteiger partial charge in [0.15, 0.2) is 5.54 Å². The van der Waals surface area contributed by atoms with Gasteiger partial charge in [0.2, 0.25) is 0 Å². The fraction of sp³-hybridized carbons (Fsp3) is 0.857. The van der Waals surface area contributed by atoms with E-state index in [0.717, 1.165) is 0 Å². The van der Waals surface area contributed by atoms with E-state index in [2.05, 4.69) is 10.6 Å². The molecule has 1 aliphatic rings. The van der Waals surface area contributed by atoms with Crippen LogP contribution in [0.3, 0.4) is 0 Å². The summed E-state index contributed by atoms with van der Waals surface area (Å²) in [5.41, 5.74) is -2.25. The lowest BCUT2D eigenvalue weighted by molar-refractivity contribution is -0.162. The Labute approximate surface area is 120 Å². The van der Waals surface area contributed by atoms with Crippen molar-refractivity contribution < 1.29 is 19.1 Å². The lowest BCUT2D eigenvalue weighted by Gasteiger charge is -2.32. The minimum atomic E-state index is -1.05. The van der Waals surface area contributed by atoms with Crippen molar-refractivity contribution in [3.8, 4) is 0 Å². The zero-order chi connectivity index (χ0) is 15.6. The van der Waals surface area contributed by atoms with Gasteiger partial charge in [-0.3, -0.25) is 0 Å². The fourth-order valence-electron chi connectivity index (χ4n) is 1.90. The zero-order valence-corrected chi connectivity index (χ0v) is 13.3. The van der Waals surface area contributed by atoms with E-state index in [1.54, 1.807) is 41.5 Å². The molecule has 1 fully saturated rings. The predicted molar refractivity (Wildman–Crippen MR) is 75.4 cm³/mol. The molecule has 0 aromatic carbocycles. The number of carbonyl (C=O) groups is 2. The van der Waals surface area contributed by atoms with Crippen molar-refractivity contribution in [1.82, 2.24) is 10.6 Å². The first-order valence-electron chi connectivity index (χ1n) is 6.89. The van der Waals surface area contributed by atoms with Crippen LogP contribution in [-0.4, -0.2) is 41.9 Å². The highest BCUT2D eigenvalue weighted by atomic mass is 16.6. The minimum Gasteiger partial charge on any atom is -0.458 e. The number of hydrogen-bond donors (Lipinski definition) is 2. The van der Waals surface area contributed by atoms with E-state index >= 15 is 0 Å². The smallest absolute Gasteiger partial charge is 0.408 e. The zero-order valence-electron chi connectivity index (χ0n) is 13.3. The third kappa shape index (κ3) is 5.00. The molecule has 1 saturated heterocycles. The molecule has 116 valence electrons. The number of rotatable bonds is 2. The summed E-state index contributed by atoms with van der Waals surface area (Å²) in [6.45, 7) is 11.7. The molecule has 0 radical (unpaired) electrons. The number of esters is 1. The van der Waals surface area contributed by atoms with Crippen LogP contribution in [0.4, 0.5) is 4.79 Å². The topological polar surface area (TPSA) is 76.7 Å². The van der Waals surface area contributed by atoms with E-state index in [1.807, 2.05) is 0 Å². The number of carbonyl (C=O) groups excluding carboxylic acids is 2. The van der Waals surface area contributed by atoms with Crippen LogP contribution in [0.25, 0.3) is 0 Å². The first kappa shape index (κ1) is 16.8. The van der Waals surface area contributed by atoms with E-state index in [0.29, 0.717) is 19.5 Å². The average Bonchev–Trinajstić information content (AvgIpc) is 2.61. The fourth-order valence-corrected chi connectivity index (χ4v) is 1.90. The van der Waals surface area contributed by atoms with Gasteiger partial charge in [-0.2, -0.15) is 0 Å². The standard InChI is InChI=1S/C14H26N2O4/c1-12(2,3)19-10(17)14(7-8-15-9-14)16-11(18)20-13(4,5)6/h15H,7-9H2,1-6H3,(H,16,18). The highest BCUT2D eigenvalue weighted by molar-refractivity contribution is 5.87. The quantitative estimate of drug-likeness (QED) is 0.754. The highest BCUT2D eigenvalue weighted by Crippen LogP contribution is 2.21. The maximum atomic E-state index is 12.4. The van der Waals surface area contributed by atoms with Crippen LogP contribution in [0.2, 0.25) is 0 Å². The summed E-state index contributed by atoms with van der Waals surface area (Å²) < 4.78 is 10.6. The second-order valence-electron chi connectivity index (χ2n) is 7.14. The number of amides is 1. The van der Waals surface area contributed by atoms with Crippen LogP contribution < -0.4 is 10.6 Å². The molecule has 1 amide bonds. The van der Waals surface area contributed by atoms with Crippen LogP contribution in [0.15, 0.2) is 0 Å². The summed E-state index contributed by atoms with van der Waals surface area (Å²) in [7, 11) is 0. The van der Waals surface area contributed by atoms with E-state index in [4.69, 9.17) is 9.47 Å². The molecule has 0 aliphatic carbocycles. The Balaban J connectivity index is 2.77. The van der Waals surface area contributed by atoms with Gasteiger partial charge in [-0.05, 0) is 54.5 Å². The summed E-state index contributed by atoms with van der Waals surface area (Å²) in [5.74, 6) is -0.430. The van der Waals surface area contributed by atoms with Gasteiger partial charge in [0, 0.05) is 6.54 Å². The highest BCUT2D eigenvalue weighted by Gasteiger charge is 2.46. The Kier molecular flexibility index (Phi) is 4.69. The Morgan fingerprint density at radius 2 is 1.60 bits per heavy atom. The molecule has 6 nitrogen and oxygen atoms in total. The van der Waals surface area contributed by atoms with Crippen molar-refractivity contribution in [2.24, 2.45) is 0 Å². The summed E-state index contributed by atoms with van der Waals surface area (Å²) in [6.07, 6.45) is -0.117. The van der Waals surface area contributed by atoms with Crippen LogP contribution >= 0.6 is 0 Å². The third-order valence-electron chi connectivity index (χ3n) is 2.69. The average molecular weight is 286 g/mol. The molecule has 1 unspecified atom stereocenters. The second-order valence-corrected chi connectivity index (χ2v) is 7.14. The number of ether oxygens (including phenoxy) is 2. The largest absolute Gasteiger partial charge is 0.458 e. The van der Waals surface area contributed by atoms with Gasteiger partial charge in [0.05, 0.1) is 0 Å². The van der Waals surface area contributed by atoms with Crippen molar-refractivity contribution in [2.45, 2.75) is 64.7 Å². The van der Waals surface area contributed by atoms with Crippen LogP contribution in [0, 0.1) is 0 Å². The molecule has 2 N–H and O–H groups in total. The lowest BCUT2D eigenvalue weighted by atomic mass is 9.98. The molecule has 0 saturated carbocycles. The Morgan fingerprint density at radius 1 is 1.05 bits per heavy atom. The van der Waals surface area contributed by atoms with Gasteiger partial charge in [-0.1, -0.05) is 0 Å². The van der Waals surface area contributed by atoms with E-state index in [-0.39, 0.29) is 0 Å². The number of alkyl carbamates (subject to hydrolysis) is 1. The molecule has 1 atom stereocenters. The lowest BCUT2D eigenvalue weighted by Crippen LogP contribution is -2.58. The Bertz CT molecular complexity index is 374. The maximum Gasteiger partial charge on any atom is 0.408 e. The molecular formula is C14H26N2O4. The van der Waals surface area contributed by atoms with E-state index < -0.39 is 28.8 Å². The van der Waals surface area contributed by atoms with Crippen molar-refractivity contribution >= 4 is 12.1 Å². The summed E-state index contributed by atoms with van der Waals surface area (Å²) >= 11 is 0. The Hall–Kier alpha value is -1.30. The van der Waals surface area contributed by atoms with Gasteiger partial charge in [0.25, 0.3) is 0 Å². The summed E-state index contributed by atoms with van der Waals surface area (Å²) in [6, 6.07) is 0. The third-order valence-corrected chi connectivity index (χ3v) is 2.69. The van der Waals surface area contributed by atoms with Crippen LogP contribution in [0.1, 0.15) is 48.0 Å². The first-order valence-corrected chi connectivity index (χ1v) is 6.89. The van der Waals surface area contributed by atoms with Crippen molar-refractivity contribution in [2.75, 3.05) is 13.1 Å². The second kappa shape index (κ2) is 5.60. The molecule has 0 bridgehead atoms. The summed E-state index contributed by atoms with van der Waals surface area (Å²) in [5, 5.41) is 5.75. The predicted octanol–water partition coefficient (Wildman–Crippen LogP) is 1.58. The number of hydrogen-bond acceptors (Lipinski definition) is 5. The van der Waals surface area contributed by atoms with Gasteiger partial charge in [0.1, 0.15) is 11.2 Å².